The maximum atomic E-state index is 11.8. The van der Waals surface area contributed by atoms with Crippen LogP contribution in [0.1, 0.15) is 6.42 Å². The second kappa shape index (κ2) is 2.02. The summed E-state index contributed by atoms with van der Waals surface area (Å²) in [5.41, 5.74) is -1.40. The van der Waals surface area contributed by atoms with Crippen molar-refractivity contribution in [2.24, 2.45) is 64.6 Å². The number of carboxylic acid groups (broad SMARTS) is 2. The van der Waals surface area contributed by atoms with Gasteiger partial charge in [0.1, 0.15) is 0 Å². The molecule has 4 bridgehead atoms. The Morgan fingerprint density at radius 3 is 1.61 bits per heavy atom. The Balaban J connectivity index is 1.69. The molecule has 0 aromatic carbocycles. The predicted octanol–water partition coefficient (Wildman–Crippen LogP) is 0.776. The summed E-state index contributed by atoms with van der Waals surface area (Å²) in [6.45, 7) is 0. The molecule has 7 saturated carbocycles. The Morgan fingerprint density at radius 2 is 1.22 bits per heavy atom. The largest absolute Gasteiger partial charge is 0.480 e. The highest BCUT2D eigenvalue weighted by molar-refractivity contribution is 6.01. The van der Waals surface area contributed by atoms with E-state index in [0.29, 0.717) is 35.5 Å². The van der Waals surface area contributed by atoms with Gasteiger partial charge in [0.25, 0.3) is 0 Å². The van der Waals surface area contributed by atoms with E-state index >= 15 is 0 Å². The number of hydrogen-bond donors (Lipinski definition) is 2. The third-order valence-corrected chi connectivity index (χ3v) is 8.16. The molecular formula is C14H14O4. The molecule has 94 valence electrons. The SMILES string of the molecule is O=C(O)C1(C(=O)O)[C@H]2[C@@H]3[C@H]4[C@H]5C[C@H]6[C@H]4[C@@H]3[C@H]1[C@H]6[C@@H]52. The zero-order valence-electron chi connectivity index (χ0n) is 9.69. The smallest absolute Gasteiger partial charge is 0.321 e. The van der Waals surface area contributed by atoms with Crippen LogP contribution in [0.25, 0.3) is 0 Å². The highest BCUT2D eigenvalue weighted by Crippen LogP contribution is 2.94. The van der Waals surface area contributed by atoms with Crippen molar-refractivity contribution in [1.82, 2.24) is 0 Å². The molecule has 4 heteroatoms. The third-order valence-electron chi connectivity index (χ3n) is 8.16. The van der Waals surface area contributed by atoms with Crippen LogP contribution in [0.4, 0.5) is 0 Å². The molecule has 0 heterocycles. The summed E-state index contributed by atoms with van der Waals surface area (Å²) >= 11 is 0. The van der Waals surface area contributed by atoms with Crippen molar-refractivity contribution in [3.8, 4) is 0 Å². The van der Waals surface area contributed by atoms with Crippen molar-refractivity contribution in [3.63, 3.8) is 0 Å². The first kappa shape index (κ1) is 8.94. The van der Waals surface area contributed by atoms with Crippen molar-refractivity contribution in [2.75, 3.05) is 0 Å². The summed E-state index contributed by atoms with van der Waals surface area (Å²) in [7, 11) is 0. The van der Waals surface area contributed by atoms with E-state index in [1.54, 1.807) is 0 Å². The number of carbonyl (C=O) groups is 2. The lowest BCUT2D eigenvalue weighted by atomic mass is 9.60. The van der Waals surface area contributed by atoms with E-state index in [1.807, 2.05) is 0 Å². The van der Waals surface area contributed by atoms with Gasteiger partial charge in [-0.1, -0.05) is 0 Å². The monoisotopic (exact) mass is 246 g/mol. The quantitative estimate of drug-likeness (QED) is 0.706. The highest BCUT2D eigenvalue weighted by atomic mass is 16.4. The van der Waals surface area contributed by atoms with E-state index in [2.05, 4.69) is 0 Å². The Bertz CT molecular complexity index is 502. The zero-order chi connectivity index (χ0) is 12.1. The zero-order valence-corrected chi connectivity index (χ0v) is 9.69. The van der Waals surface area contributed by atoms with Gasteiger partial charge in [0, 0.05) is 0 Å². The van der Waals surface area contributed by atoms with Crippen molar-refractivity contribution < 1.29 is 19.8 Å². The van der Waals surface area contributed by atoms with Crippen LogP contribution in [-0.4, -0.2) is 22.2 Å². The molecule has 2 N–H and O–H groups in total. The molecule has 0 aliphatic heterocycles. The molecule has 0 radical (unpaired) electrons. The summed E-state index contributed by atoms with van der Waals surface area (Å²) in [6.07, 6.45) is 1.29. The lowest BCUT2D eigenvalue weighted by Crippen LogP contribution is -2.45. The number of rotatable bonds is 2. The molecule has 7 rings (SSSR count). The summed E-state index contributed by atoms with van der Waals surface area (Å²) in [5.74, 6) is 2.56. The molecule has 0 aromatic heterocycles. The molecule has 0 spiro atoms. The van der Waals surface area contributed by atoms with Gasteiger partial charge < -0.3 is 10.2 Å². The second-order valence-corrected chi connectivity index (χ2v) is 7.56. The van der Waals surface area contributed by atoms with Crippen molar-refractivity contribution in [2.45, 2.75) is 6.42 Å². The Morgan fingerprint density at radius 1 is 0.778 bits per heavy atom. The Hall–Kier alpha value is -1.06. The number of aliphatic carboxylic acids is 2. The van der Waals surface area contributed by atoms with Crippen molar-refractivity contribution in [3.05, 3.63) is 0 Å². The topological polar surface area (TPSA) is 74.6 Å². The summed E-state index contributed by atoms with van der Waals surface area (Å²) in [5, 5.41) is 19.3. The standard InChI is InChI=1S/C14H14O4/c15-12(16)14(13(17)18)10-6-2-1-3-5-4(2)8(10)9(5)11(14)7(3)6/h2-11H,1H2,(H,15,16)(H,17,18)/t2-,3+,4+,5-,6-,7-,8-,9+,10-,11-/m1/s1. The molecule has 0 saturated heterocycles. The van der Waals surface area contributed by atoms with Crippen LogP contribution in [0.15, 0.2) is 0 Å². The molecule has 4 nitrogen and oxygen atoms in total. The fourth-order valence-corrected chi connectivity index (χ4v) is 8.63. The van der Waals surface area contributed by atoms with Gasteiger partial charge in [-0.25, -0.2) is 0 Å². The average molecular weight is 246 g/mol. The number of carboxylic acids is 2. The molecule has 0 amide bonds. The molecule has 7 fully saturated rings. The Kier molecular flexibility index (Phi) is 1.00. The van der Waals surface area contributed by atoms with E-state index < -0.39 is 17.4 Å². The van der Waals surface area contributed by atoms with Gasteiger partial charge in [-0.15, -0.1) is 0 Å². The normalized spacial score (nSPS) is 69.1. The maximum absolute atomic E-state index is 11.8. The maximum Gasteiger partial charge on any atom is 0.321 e. The Labute approximate surface area is 103 Å². The minimum absolute atomic E-state index is 0.0220. The van der Waals surface area contributed by atoms with Crippen molar-refractivity contribution in [1.29, 1.82) is 0 Å². The average Bonchev–Trinajstić information content (AvgIpc) is 2.85. The number of hydrogen-bond acceptors (Lipinski definition) is 2. The highest BCUT2D eigenvalue weighted by Gasteiger charge is 2.95. The van der Waals surface area contributed by atoms with Gasteiger partial charge in [0.15, 0.2) is 5.41 Å². The lowest BCUT2D eigenvalue weighted by Gasteiger charge is -2.44. The minimum Gasteiger partial charge on any atom is -0.480 e. The first-order valence-electron chi connectivity index (χ1n) is 7.08. The van der Waals surface area contributed by atoms with Gasteiger partial charge >= 0.3 is 11.9 Å². The van der Waals surface area contributed by atoms with Crippen molar-refractivity contribution >= 4 is 11.9 Å². The molecule has 7 aliphatic carbocycles. The summed E-state index contributed by atoms with van der Waals surface area (Å²) in [6, 6.07) is 0. The molecule has 0 unspecified atom stereocenters. The molecule has 10 atom stereocenters. The molecule has 0 aromatic rings. The van der Waals surface area contributed by atoms with Gasteiger partial charge in [-0.2, -0.15) is 0 Å². The molecule has 7 aliphatic rings. The predicted molar refractivity (Wildman–Crippen MR) is 57.2 cm³/mol. The molecule has 18 heavy (non-hydrogen) atoms. The van der Waals surface area contributed by atoms with E-state index in [9.17, 15) is 19.8 Å². The summed E-state index contributed by atoms with van der Waals surface area (Å²) < 4.78 is 0. The molecular weight excluding hydrogens is 232 g/mol. The first-order chi connectivity index (χ1) is 8.61. The van der Waals surface area contributed by atoms with E-state index in [0.717, 1.165) is 11.8 Å². The fraction of sp³-hybridized carbons (Fsp3) is 0.857. The van der Waals surface area contributed by atoms with Crippen LogP contribution in [0.5, 0.6) is 0 Å². The lowest BCUT2D eigenvalue weighted by molar-refractivity contribution is -0.169. The van der Waals surface area contributed by atoms with Crippen LogP contribution >= 0.6 is 0 Å². The van der Waals surface area contributed by atoms with E-state index in [-0.39, 0.29) is 11.8 Å². The van der Waals surface area contributed by atoms with Gasteiger partial charge in [-0.3, -0.25) is 9.59 Å². The minimum atomic E-state index is -1.40. The van der Waals surface area contributed by atoms with Crippen LogP contribution in [0.3, 0.4) is 0 Å². The van der Waals surface area contributed by atoms with Crippen LogP contribution < -0.4 is 0 Å². The summed E-state index contributed by atoms with van der Waals surface area (Å²) in [4.78, 5) is 23.6. The van der Waals surface area contributed by atoms with Gasteiger partial charge in [0.05, 0.1) is 0 Å². The van der Waals surface area contributed by atoms with E-state index in [4.69, 9.17) is 0 Å². The fourth-order valence-electron chi connectivity index (χ4n) is 8.63. The van der Waals surface area contributed by atoms with E-state index in [1.165, 1.54) is 6.42 Å². The van der Waals surface area contributed by atoms with Crippen LogP contribution in [-0.2, 0) is 9.59 Å². The first-order valence-corrected chi connectivity index (χ1v) is 7.08. The van der Waals surface area contributed by atoms with Gasteiger partial charge in [-0.05, 0) is 65.6 Å². The van der Waals surface area contributed by atoms with Crippen LogP contribution in [0.2, 0.25) is 0 Å². The third kappa shape index (κ3) is 0.466. The second-order valence-electron chi connectivity index (χ2n) is 7.56. The van der Waals surface area contributed by atoms with Crippen LogP contribution in [0, 0.1) is 64.6 Å². The van der Waals surface area contributed by atoms with Gasteiger partial charge in [0.2, 0.25) is 0 Å².